The first-order valence-electron chi connectivity index (χ1n) is 9.21. The second-order valence-corrected chi connectivity index (χ2v) is 9.65. The van der Waals surface area contributed by atoms with Gasteiger partial charge in [-0.15, -0.1) is 0 Å². The highest BCUT2D eigenvalue weighted by Gasteiger charge is 2.51. The summed E-state index contributed by atoms with van der Waals surface area (Å²) >= 11 is 0. The molecule has 1 amide bonds. The second kappa shape index (κ2) is 6.36. The molecular weight excluding hydrogens is 338 g/mol. The van der Waals surface area contributed by atoms with Crippen molar-refractivity contribution in [2.75, 3.05) is 26.2 Å². The van der Waals surface area contributed by atoms with E-state index in [1.807, 2.05) is 4.90 Å². The minimum Gasteiger partial charge on any atom is -0.342 e. The summed E-state index contributed by atoms with van der Waals surface area (Å²) in [5.74, 6) is 0.824. The van der Waals surface area contributed by atoms with Crippen LogP contribution in [0.5, 0.6) is 0 Å². The summed E-state index contributed by atoms with van der Waals surface area (Å²) in [6, 6.07) is 3.20. The molecule has 1 aliphatic carbocycles. The summed E-state index contributed by atoms with van der Waals surface area (Å²) in [4.78, 5) is 19.3. The van der Waals surface area contributed by atoms with Crippen molar-refractivity contribution in [2.24, 2.45) is 11.3 Å². The van der Waals surface area contributed by atoms with E-state index < -0.39 is 15.4 Å². The smallest absolute Gasteiger partial charge is 0.244 e. The predicted octanol–water partition coefficient (Wildman–Crippen LogP) is 1.88. The highest BCUT2D eigenvalue weighted by molar-refractivity contribution is 7.89. The zero-order valence-electron chi connectivity index (χ0n) is 14.4. The fourth-order valence-electron chi connectivity index (χ4n) is 4.38. The topological polar surface area (TPSA) is 70.6 Å². The van der Waals surface area contributed by atoms with Crippen molar-refractivity contribution in [3.05, 3.63) is 24.5 Å². The van der Waals surface area contributed by atoms with Gasteiger partial charge in [0.05, 0.1) is 5.41 Å². The van der Waals surface area contributed by atoms with E-state index in [1.54, 1.807) is 18.3 Å². The molecule has 2 aliphatic heterocycles. The number of likely N-dealkylation sites (tertiary alicyclic amines) is 1. The summed E-state index contributed by atoms with van der Waals surface area (Å²) in [5, 5.41) is 0. The molecule has 1 aromatic heterocycles. The van der Waals surface area contributed by atoms with Crippen LogP contribution in [0.3, 0.4) is 0 Å². The lowest BCUT2D eigenvalue weighted by atomic mass is 9.77. The average molecular weight is 363 g/mol. The molecule has 0 bridgehead atoms. The summed E-state index contributed by atoms with van der Waals surface area (Å²) < 4.78 is 27.2. The molecule has 0 aromatic carbocycles. The SMILES string of the molecule is O=C1N(CC2CCC2)CCC[C@@]12CCN(S(=O)(=O)c1cccnc1)C2. The lowest BCUT2D eigenvalue weighted by Gasteiger charge is -2.42. The Kier molecular flexibility index (Phi) is 4.32. The lowest BCUT2D eigenvalue weighted by molar-refractivity contribution is -0.146. The maximum Gasteiger partial charge on any atom is 0.244 e. The highest BCUT2D eigenvalue weighted by Crippen LogP contribution is 2.42. The number of aromatic nitrogens is 1. The number of piperidine rings is 1. The first-order chi connectivity index (χ1) is 12.0. The molecule has 6 nitrogen and oxygen atoms in total. The molecule has 3 fully saturated rings. The number of nitrogens with zero attached hydrogens (tertiary/aromatic N) is 3. The van der Waals surface area contributed by atoms with Gasteiger partial charge in [-0.05, 0) is 50.2 Å². The van der Waals surface area contributed by atoms with Crippen LogP contribution in [0.1, 0.15) is 38.5 Å². The molecule has 2 saturated heterocycles. The number of hydrogen-bond acceptors (Lipinski definition) is 4. The fourth-order valence-corrected chi connectivity index (χ4v) is 5.87. The highest BCUT2D eigenvalue weighted by atomic mass is 32.2. The number of rotatable bonds is 4. The molecule has 3 aliphatic rings. The number of amides is 1. The number of sulfonamides is 1. The third-order valence-corrected chi connectivity index (χ3v) is 7.95. The lowest BCUT2D eigenvalue weighted by Crippen LogP contribution is -2.52. The molecule has 1 saturated carbocycles. The van der Waals surface area contributed by atoms with Crippen LogP contribution in [0.15, 0.2) is 29.4 Å². The zero-order valence-corrected chi connectivity index (χ0v) is 15.2. The molecule has 1 atom stereocenters. The van der Waals surface area contributed by atoms with Crippen LogP contribution in [-0.4, -0.2) is 54.7 Å². The van der Waals surface area contributed by atoms with E-state index in [9.17, 15) is 13.2 Å². The van der Waals surface area contributed by atoms with Crippen molar-refractivity contribution >= 4 is 15.9 Å². The number of hydrogen-bond donors (Lipinski definition) is 0. The Morgan fingerprint density at radius 1 is 1.20 bits per heavy atom. The average Bonchev–Trinajstić information content (AvgIpc) is 3.01. The first kappa shape index (κ1) is 17.0. The molecule has 136 valence electrons. The van der Waals surface area contributed by atoms with Gasteiger partial charge < -0.3 is 4.90 Å². The van der Waals surface area contributed by atoms with Crippen molar-refractivity contribution in [1.82, 2.24) is 14.2 Å². The van der Waals surface area contributed by atoms with Crippen LogP contribution < -0.4 is 0 Å². The molecular formula is C18H25N3O3S. The quantitative estimate of drug-likeness (QED) is 0.819. The predicted molar refractivity (Wildman–Crippen MR) is 93.2 cm³/mol. The van der Waals surface area contributed by atoms with Crippen molar-refractivity contribution in [1.29, 1.82) is 0 Å². The minimum absolute atomic E-state index is 0.175. The number of carbonyl (C=O) groups is 1. The van der Waals surface area contributed by atoms with Gasteiger partial charge in [0.1, 0.15) is 4.90 Å². The fraction of sp³-hybridized carbons (Fsp3) is 0.667. The van der Waals surface area contributed by atoms with E-state index in [1.165, 1.54) is 29.8 Å². The van der Waals surface area contributed by atoms with Gasteiger partial charge in [-0.2, -0.15) is 4.31 Å². The molecule has 25 heavy (non-hydrogen) atoms. The molecule has 3 heterocycles. The first-order valence-corrected chi connectivity index (χ1v) is 10.6. The summed E-state index contributed by atoms with van der Waals surface area (Å²) in [6.45, 7) is 2.41. The van der Waals surface area contributed by atoms with E-state index in [-0.39, 0.29) is 10.8 Å². The second-order valence-electron chi connectivity index (χ2n) is 7.71. The Morgan fingerprint density at radius 3 is 2.72 bits per heavy atom. The van der Waals surface area contributed by atoms with Crippen molar-refractivity contribution in [3.8, 4) is 0 Å². The molecule has 4 rings (SSSR count). The van der Waals surface area contributed by atoms with Gasteiger partial charge in [0.2, 0.25) is 15.9 Å². The van der Waals surface area contributed by atoms with Crippen LogP contribution in [0, 0.1) is 11.3 Å². The van der Waals surface area contributed by atoms with Gasteiger partial charge in [-0.3, -0.25) is 9.78 Å². The van der Waals surface area contributed by atoms with E-state index >= 15 is 0 Å². The number of pyridine rings is 1. The molecule has 0 radical (unpaired) electrons. The third kappa shape index (κ3) is 2.97. The maximum atomic E-state index is 13.1. The minimum atomic E-state index is -3.57. The molecule has 0 unspecified atom stereocenters. The van der Waals surface area contributed by atoms with Gasteiger partial charge in [0.25, 0.3) is 0 Å². The van der Waals surface area contributed by atoms with Gasteiger partial charge in [-0.25, -0.2) is 8.42 Å². The largest absolute Gasteiger partial charge is 0.342 e. The Balaban J connectivity index is 1.51. The standard InChI is InChI=1S/C18H25N3O3S/c22-17-18(7-3-10-20(17)13-15-4-1-5-15)8-11-21(14-18)25(23,24)16-6-2-9-19-12-16/h2,6,9,12,15H,1,3-5,7-8,10-11,13-14H2/t18-/m0/s1. The monoisotopic (exact) mass is 363 g/mol. The van der Waals surface area contributed by atoms with E-state index in [4.69, 9.17) is 0 Å². The Hall–Kier alpha value is -1.47. The third-order valence-electron chi connectivity index (χ3n) is 6.12. The van der Waals surface area contributed by atoms with Crippen LogP contribution in [-0.2, 0) is 14.8 Å². The zero-order chi connectivity index (χ0) is 17.5. The van der Waals surface area contributed by atoms with Crippen molar-refractivity contribution in [3.63, 3.8) is 0 Å². The Bertz CT molecular complexity index is 748. The molecule has 1 spiro atoms. The summed E-state index contributed by atoms with van der Waals surface area (Å²) in [5.41, 5.74) is -0.517. The van der Waals surface area contributed by atoms with Crippen molar-refractivity contribution in [2.45, 2.75) is 43.4 Å². The maximum absolute atomic E-state index is 13.1. The van der Waals surface area contributed by atoms with Crippen LogP contribution in [0.4, 0.5) is 0 Å². The van der Waals surface area contributed by atoms with Crippen molar-refractivity contribution < 1.29 is 13.2 Å². The molecule has 1 aromatic rings. The molecule has 7 heteroatoms. The Labute approximate surface area is 149 Å². The summed E-state index contributed by atoms with van der Waals surface area (Å²) in [7, 11) is -3.57. The van der Waals surface area contributed by atoms with E-state index in [0.29, 0.717) is 25.4 Å². The number of carbonyl (C=O) groups excluding carboxylic acids is 1. The van der Waals surface area contributed by atoms with Crippen LogP contribution in [0.25, 0.3) is 0 Å². The van der Waals surface area contributed by atoms with Gasteiger partial charge >= 0.3 is 0 Å². The van der Waals surface area contributed by atoms with Gasteiger partial charge in [0.15, 0.2) is 0 Å². The van der Waals surface area contributed by atoms with E-state index in [0.717, 1.165) is 25.9 Å². The Morgan fingerprint density at radius 2 is 2.04 bits per heavy atom. The van der Waals surface area contributed by atoms with Gasteiger partial charge in [-0.1, -0.05) is 6.42 Å². The van der Waals surface area contributed by atoms with Gasteiger partial charge in [0, 0.05) is 38.6 Å². The van der Waals surface area contributed by atoms with Crippen LogP contribution in [0.2, 0.25) is 0 Å². The normalized spacial score (nSPS) is 28.5. The van der Waals surface area contributed by atoms with Crippen LogP contribution >= 0.6 is 0 Å². The molecule has 0 N–H and O–H groups in total. The van der Waals surface area contributed by atoms with E-state index in [2.05, 4.69) is 4.98 Å². The summed E-state index contributed by atoms with van der Waals surface area (Å²) in [6.07, 6.45) is 9.06.